The van der Waals surface area contributed by atoms with E-state index in [1.165, 1.54) is 12.1 Å². The Morgan fingerprint density at radius 1 is 1.40 bits per heavy atom. The SMILES string of the molecule is CC(C)NS(=O)(=O)c1ccc(Sc2n[nH]c(C3CC3)n2)c([N+](=O)[O-])c1. The molecule has 0 aliphatic heterocycles. The number of aromatic nitrogens is 3. The smallest absolute Gasteiger partial charge is 0.262 e. The number of nitrogens with zero attached hydrogens (tertiary/aromatic N) is 3. The summed E-state index contributed by atoms with van der Waals surface area (Å²) in [6, 6.07) is 3.49. The highest BCUT2D eigenvalue weighted by molar-refractivity contribution is 7.99. The lowest BCUT2D eigenvalue weighted by Crippen LogP contribution is -2.30. The summed E-state index contributed by atoms with van der Waals surface area (Å²) in [6.45, 7) is 3.35. The van der Waals surface area contributed by atoms with Crippen molar-refractivity contribution in [1.82, 2.24) is 19.9 Å². The van der Waals surface area contributed by atoms with E-state index in [9.17, 15) is 18.5 Å². The first kappa shape index (κ1) is 17.8. The Morgan fingerprint density at radius 3 is 2.72 bits per heavy atom. The minimum atomic E-state index is -3.81. The van der Waals surface area contributed by atoms with Crippen LogP contribution in [0, 0.1) is 10.1 Å². The van der Waals surface area contributed by atoms with E-state index in [1.807, 2.05) is 0 Å². The van der Waals surface area contributed by atoms with Gasteiger partial charge in [0, 0.05) is 18.0 Å². The first-order valence-corrected chi connectivity index (χ1v) is 9.97. The van der Waals surface area contributed by atoms with Gasteiger partial charge >= 0.3 is 0 Å². The van der Waals surface area contributed by atoms with E-state index < -0.39 is 14.9 Å². The average Bonchev–Trinajstić information content (AvgIpc) is 3.26. The van der Waals surface area contributed by atoms with Gasteiger partial charge in [0.05, 0.1) is 14.7 Å². The standard InChI is InChI=1S/C14H17N5O4S2/c1-8(2)18-25(22,23)10-5-6-12(11(7-10)19(20)21)24-14-15-13(16-17-14)9-3-4-9/h5-9,18H,3-4H2,1-2H3,(H,15,16,17). The monoisotopic (exact) mass is 383 g/mol. The molecule has 0 bridgehead atoms. The molecule has 2 N–H and O–H groups in total. The average molecular weight is 383 g/mol. The predicted octanol–water partition coefficient (Wildman–Crippen LogP) is 2.43. The van der Waals surface area contributed by atoms with Gasteiger partial charge in [-0.2, -0.15) is 0 Å². The van der Waals surface area contributed by atoms with Crippen molar-refractivity contribution in [3.05, 3.63) is 34.1 Å². The second-order valence-electron chi connectivity index (χ2n) is 6.04. The fraction of sp³-hybridized carbons (Fsp3) is 0.429. The highest BCUT2D eigenvalue weighted by Crippen LogP contribution is 2.40. The van der Waals surface area contributed by atoms with Crippen molar-refractivity contribution in [2.24, 2.45) is 0 Å². The molecule has 1 aromatic carbocycles. The lowest BCUT2D eigenvalue weighted by molar-refractivity contribution is -0.388. The third-order valence-corrected chi connectivity index (χ3v) is 6.06. The number of nitro groups is 1. The molecular weight excluding hydrogens is 366 g/mol. The van der Waals surface area contributed by atoms with Gasteiger partial charge in [-0.1, -0.05) is 0 Å². The van der Waals surface area contributed by atoms with Crippen molar-refractivity contribution in [3.8, 4) is 0 Å². The van der Waals surface area contributed by atoms with Gasteiger partial charge in [0.1, 0.15) is 5.82 Å². The van der Waals surface area contributed by atoms with Crippen LogP contribution in [-0.4, -0.2) is 34.6 Å². The number of hydrogen-bond acceptors (Lipinski definition) is 7. The Hall–Kier alpha value is -1.98. The second kappa shape index (κ2) is 6.73. The molecule has 2 aromatic rings. The zero-order valence-corrected chi connectivity index (χ0v) is 15.2. The van der Waals surface area contributed by atoms with Crippen LogP contribution in [0.5, 0.6) is 0 Å². The van der Waals surface area contributed by atoms with E-state index >= 15 is 0 Å². The molecule has 1 heterocycles. The molecule has 0 radical (unpaired) electrons. The summed E-state index contributed by atoms with van der Waals surface area (Å²) in [4.78, 5) is 15.2. The molecule has 1 aliphatic rings. The van der Waals surface area contributed by atoms with Crippen molar-refractivity contribution in [2.75, 3.05) is 0 Å². The van der Waals surface area contributed by atoms with E-state index in [4.69, 9.17) is 0 Å². The van der Waals surface area contributed by atoms with Crippen molar-refractivity contribution in [2.45, 2.75) is 53.6 Å². The van der Waals surface area contributed by atoms with Gasteiger partial charge in [0.15, 0.2) is 0 Å². The summed E-state index contributed by atoms with van der Waals surface area (Å²) in [5.41, 5.74) is -0.297. The minimum absolute atomic E-state index is 0.147. The van der Waals surface area contributed by atoms with Gasteiger partial charge in [-0.3, -0.25) is 15.2 Å². The maximum Gasteiger partial charge on any atom is 0.284 e. The molecule has 0 spiro atoms. The summed E-state index contributed by atoms with van der Waals surface area (Å²) in [7, 11) is -3.81. The maximum absolute atomic E-state index is 12.2. The van der Waals surface area contributed by atoms with Gasteiger partial charge in [-0.15, -0.1) is 5.10 Å². The topological polar surface area (TPSA) is 131 Å². The third-order valence-electron chi connectivity index (χ3n) is 3.48. The molecule has 1 aliphatic carbocycles. The van der Waals surface area contributed by atoms with Gasteiger partial charge in [-0.05, 0) is 50.6 Å². The molecular formula is C14H17N5O4S2. The van der Waals surface area contributed by atoms with Gasteiger partial charge < -0.3 is 0 Å². The quantitative estimate of drug-likeness (QED) is 0.554. The maximum atomic E-state index is 12.2. The number of sulfonamides is 1. The normalized spacial score (nSPS) is 14.8. The van der Waals surface area contributed by atoms with Crippen LogP contribution in [0.1, 0.15) is 38.4 Å². The van der Waals surface area contributed by atoms with Crippen LogP contribution in [0.2, 0.25) is 0 Å². The van der Waals surface area contributed by atoms with Crippen molar-refractivity contribution >= 4 is 27.5 Å². The van der Waals surface area contributed by atoms with E-state index in [0.717, 1.165) is 36.5 Å². The first-order valence-electron chi connectivity index (χ1n) is 7.67. The third kappa shape index (κ3) is 4.17. The first-order chi connectivity index (χ1) is 11.8. The Kier molecular flexibility index (Phi) is 4.80. The van der Waals surface area contributed by atoms with E-state index in [1.54, 1.807) is 13.8 Å². The lowest BCUT2D eigenvalue weighted by Gasteiger charge is -2.10. The zero-order chi connectivity index (χ0) is 18.2. The number of benzene rings is 1. The Morgan fingerprint density at radius 2 is 2.12 bits per heavy atom. The predicted molar refractivity (Wildman–Crippen MR) is 91.0 cm³/mol. The molecule has 134 valence electrons. The number of hydrogen-bond donors (Lipinski definition) is 2. The van der Waals surface area contributed by atoms with Crippen molar-refractivity contribution < 1.29 is 13.3 Å². The molecule has 9 nitrogen and oxygen atoms in total. The summed E-state index contributed by atoms with van der Waals surface area (Å²) in [6.07, 6.45) is 2.13. The van der Waals surface area contributed by atoms with Crippen LogP contribution in [0.4, 0.5) is 5.69 Å². The Balaban J connectivity index is 1.89. The molecule has 1 aromatic heterocycles. The summed E-state index contributed by atoms with van der Waals surface area (Å²) in [5, 5.41) is 18.6. The van der Waals surface area contributed by atoms with Crippen LogP contribution in [-0.2, 0) is 10.0 Å². The van der Waals surface area contributed by atoms with Crippen molar-refractivity contribution in [3.63, 3.8) is 0 Å². The molecule has 25 heavy (non-hydrogen) atoms. The number of nitro benzene ring substituents is 1. The molecule has 1 saturated carbocycles. The fourth-order valence-electron chi connectivity index (χ4n) is 2.21. The largest absolute Gasteiger partial charge is 0.284 e. The number of rotatable bonds is 7. The highest BCUT2D eigenvalue weighted by Gasteiger charge is 2.28. The summed E-state index contributed by atoms with van der Waals surface area (Å²) < 4.78 is 26.8. The summed E-state index contributed by atoms with van der Waals surface area (Å²) >= 11 is 1.03. The van der Waals surface area contributed by atoms with Crippen LogP contribution in [0.3, 0.4) is 0 Å². The second-order valence-corrected chi connectivity index (χ2v) is 8.77. The van der Waals surface area contributed by atoms with Crippen molar-refractivity contribution in [1.29, 1.82) is 0 Å². The van der Waals surface area contributed by atoms with Crippen LogP contribution < -0.4 is 4.72 Å². The van der Waals surface area contributed by atoms with Gasteiger partial charge in [-0.25, -0.2) is 18.1 Å². The molecule has 0 unspecified atom stereocenters. The van der Waals surface area contributed by atoms with Gasteiger partial charge in [0.25, 0.3) is 5.69 Å². The van der Waals surface area contributed by atoms with Crippen LogP contribution in [0.25, 0.3) is 0 Å². The molecule has 0 saturated heterocycles. The highest BCUT2D eigenvalue weighted by atomic mass is 32.2. The molecule has 11 heteroatoms. The molecule has 0 atom stereocenters. The van der Waals surface area contributed by atoms with Gasteiger partial charge in [0.2, 0.25) is 15.2 Å². The number of aromatic amines is 1. The van der Waals surface area contributed by atoms with Crippen LogP contribution in [0.15, 0.2) is 33.1 Å². The molecule has 1 fully saturated rings. The lowest BCUT2D eigenvalue weighted by atomic mass is 10.3. The Labute approximate surface area is 148 Å². The van der Waals surface area contributed by atoms with Crippen LogP contribution >= 0.6 is 11.8 Å². The number of nitrogens with one attached hydrogen (secondary N) is 2. The number of H-pyrrole nitrogens is 1. The summed E-state index contributed by atoms with van der Waals surface area (Å²) in [5.74, 6) is 1.18. The minimum Gasteiger partial charge on any atom is -0.262 e. The fourth-order valence-corrected chi connectivity index (χ4v) is 4.29. The molecule has 3 rings (SSSR count). The Bertz CT molecular complexity index is 906. The molecule has 0 amide bonds. The van der Waals surface area contributed by atoms with E-state index in [0.29, 0.717) is 11.1 Å². The van der Waals surface area contributed by atoms with E-state index in [-0.39, 0.29) is 21.5 Å². The van der Waals surface area contributed by atoms with E-state index in [2.05, 4.69) is 19.9 Å². The zero-order valence-electron chi connectivity index (χ0n) is 13.6.